The second-order valence-corrected chi connectivity index (χ2v) is 14.8. The number of rotatable bonds is 5. The van der Waals surface area contributed by atoms with E-state index < -0.39 is 0 Å². The number of furan rings is 2. The maximum Gasteiger partial charge on any atom is 0.164 e. The smallest absolute Gasteiger partial charge is 0.164 e. The van der Waals surface area contributed by atoms with Gasteiger partial charge in [0.1, 0.15) is 22.3 Å². The number of aromatic nitrogens is 3. The summed E-state index contributed by atoms with van der Waals surface area (Å²) in [6.07, 6.45) is 0. The maximum absolute atomic E-state index is 6.44. The Morgan fingerprint density at radius 2 is 0.828 bits per heavy atom. The normalized spacial score (nSPS) is 11.8. The largest absolute Gasteiger partial charge is 0.456 e. The van der Waals surface area contributed by atoms with Gasteiger partial charge in [0.15, 0.2) is 17.5 Å². The fraction of sp³-hybridized carbons (Fsp3) is 0. The number of benzene rings is 9. The average molecular weight is 742 g/mol. The molecule has 0 amide bonds. The standard InChI is InChI=1S/C53H31N3O2/c1-2-10-34(11-3-1)51-54-52(56-53(55-51)39-24-27-44-43-13-6-7-15-46(43)58-49(44)31-39)35-20-17-33(18-21-35)42-14-8-16-48-50(42)45-30-37(25-28-47(45)57-48)36-23-26-41-38(29-36)22-19-32-9-4-5-12-40(32)41/h1-31H. The van der Waals surface area contributed by atoms with Gasteiger partial charge in [-0.3, -0.25) is 0 Å². The van der Waals surface area contributed by atoms with Gasteiger partial charge in [-0.15, -0.1) is 0 Å². The Bertz CT molecular complexity index is 3570. The van der Waals surface area contributed by atoms with Crippen molar-refractivity contribution < 1.29 is 8.83 Å². The molecule has 0 atom stereocenters. The van der Waals surface area contributed by atoms with Gasteiger partial charge in [-0.25, -0.2) is 15.0 Å². The Labute approximate surface area is 332 Å². The summed E-state index contributed by atoms with van der Waals surface area (Å²) < 4.78 is 12.7. The van der Waals surface area contributed by atoms with E-state index in [1.165, 1.54) is 27.1 Å². The SMILES string of the molecule is c1ccc(-c2nc(-c3ccc(-c4cccc5oc6ccc(-c7ccc8c(ccc9ccccc98)c7)cc6c45)cc3)nc(-c3ccc4c(c3)oc3ccccc34)n2)cc1. The van der Waals surface area contributed by atoms with Crippen LogP contribution >= 0.6 is 0 Å². The van der Waals surface area contributed by atoms with Gasteiger partial charge in [-0.1, -0.05) is 146 Å². The lowest BCUT2D eigenvalue weighted by Gasteiger charge is -2.10. The molecule has 12 rings (SSSR count). The zero-order valence-corrected chi connectivity index (χ0v) is 31.1. The number of hydrogen-bond donors (Lipinski definition) is 0. The van der Waals surface area contributed by atoms with Gasteiger partial charge in [-0.05, 0) is 86.3 Å². The van der Waals surface area contributed by atoms with E-state index in [-0.39, 0.29) is 0 Å². The molecule has 0 spiro atoms. The molecule has 0 radical (unpaired) electrons. The first-order valence-electron chi connectivity index (χ1n) is 19.4. The van der Waals surface area contributed by atoms with Crippen molar-refractivity contribution in [1.82, 2.24) is 15.0 Å². The molecule has 0 bridgehead atoms. The van der Waals surface area contributed by atoms with Gasteiger partial charge < -0.3 is 8.83 Å². The van der Waals surface area contributed by atoms with E-state index in [9.17, 15) is 0 Å². The molecule has 0 saturated heterocycles. The van der Waals surface area contributed by atoms with Crippen molar-refractivity contribution >= 4 is 65.4 Å². The Balaban J connectivity index is 0.940. The van der Waals surface area contributed by atoms with E-state index in [0.29, 0.717) is 17.5 Å². The summed E-state index contributed by atoms with van der Waals surface area (Å²) in [5.74, 6) is 1.79. The summed E-state index contributed by atoms with van der Waals surface area (Å²) in [4.78, 5) is 15.0. The van der Waals surface area contributed by atoms with E-state index >= 15 is 0 Å². The topological polar surface area (TPSA) is 65.0 Å². The van der Waals surface area contributed by atoms with Gasteiger partial charge >= 0.3 is 0 Å². The quantitative estimate of drug-likeness (QED) is 0.164. The van der Waals surface area contributed by atoms with Crippen molar-refractivity contribution in [2.45, 2.75) is 0 Å². The van der Waals surface area contributed by atoms with E-state index in [0.717, 1.165) is 77.3 Å². The minimum atomic E-state index is 0.584. The van der Waals surface area contributed by atoms with Gasteiger partial charge in [0.05, 0.1) is 0 Å². The van der Waals surface area contributed by atoms with Crippen molar-refractivity contribution in [3.63, 3.8) is 0 Å². The van der Waals surface area contributed by atoms with Crippen LogP contribution in [0.15, 0.2) is 197 Å². The second-order valence-electron chi connectivity index (χ2n) is 14.8. The monoisotopic (exact) mass is 741 g/mol. The van der Waals surface area contributed by atoms with E-state index in [2.05, 4.69) is 127 Å². The third-order valence-electron chi connectivity index (χ3n) is 11.3. The second kappa shape index (κ2) is 12.8. The molecule has 0 aliphatic carbocycles. The molecule has 270 valence electrons. The van der Waals surface area contributed by atoms with Gasteiger partial charge in [-0.2, -0.15) is 0 Å². The predicted octanol–water partition coefficient (Wildman–Crippen LogP) is 14.3. The van der Waals surface area contributed by atoms with Crippen LogP contribution in [0.1, 0.15) is 0 Å². The molecule has 0 unspecified atom stereocenters. The molecule has 0 saturated carbocycles. The number of para-hydroxylation sites is 1. The van der Waals surface area contributed by atoms with Crippen molar-refractivity contribution in [3.8, 4) is 56.4 Å². The van der Waals surface area contributed by atoms with Crippen LogP contribution < -0.4 is 0 Å². The van der Waals surface area contributed by atoms with E-state index in [1.807, 2.05) is 60.7 Å². The van der Waals surface area contributed by atoms with Crippen LogP contribution in [-0.4, -0.2) is 15.0 Å². The highest BCUT2D eigenvalue weighted by atomic mass is 16.3. The summed E-state index contributed by atoms with van der Waals surface area (Å²) >= 11 is 0. The number of hydrogen-bond acceptors (Lipinski definition) is 5. The minimum Gasteiger partial charge on any atom is -0.456 e. The predicted molar refractivity (Wildman–Crippen MR) is 237 cm³/mol. The zero-order valence-electron chi connectivity index (χ0n) is 31.1. The summed E-state index contributed by atoms with van der Waals surface area (Å²) in [7, 11) is 0. The lowest BCUT2D eigenvalue weighted by molar-refractivity contribution is 0.668. The molecule has 12 aromatic rings. The summed E-state index contributed by atoms with van der Waals surface area (Å²) in [6, 6.07) is 65.3. The Morgan fingerprint density at radius 1 is 0.276 bits per heavy atom. The lowest BCUT2D eigenvalue weighted by Crippen LogP contribution is -2.00. The van der Waals surface area contributed by atoms with Crippen molar-refractivity contribution in [2.75, 3.05) is 0 Å². The molecule has 5 nitrogen and oxygen atoms in total. The Hall–Kier alpha value is -7.89. The molecular weight excluding hydrogens is 711 g/mol. The highest BCUT2D eigenvalue weighted by Crippen LogP contribution is 2.40. The average Bonchev–Trinajstić information content (AvgIpc) is 3.87. The number of nitrogens with zero attached hydrogens (tertiary/aromatic N) is 3. The third-order valence-corrected chi connectivity index (χ3v) is 11.3. The highest BCUT2D eigenvalue weighted by molar-refractivity contribution is 6.14. The number of fused-ring (bicyclic) bond motifs is 9. The molecule has 0 aliphatic rings. The molecule has 58 heavy (non-hydrogen) atoms. The first-order chi connectivity index (χ1) is 28.7. The third kappa shape index (κ3) is 5.29. The molecule has 5 heteroatoms. The molecular formula is C53H31N3O2. The molecule has 9 aromatic carbocycles. The van der Waals surface area contributed by atoms with E-state index in [1.54, 1.807) is 0 Å². The first-order valence-corrected chi connectivity index (χ1v) is 19.4. The molecule has 3 heterocycles. The molecule has 0 aliphatic heterocycles. The lowest BCUT2D eigenvalue weighted by atomic mass is 9.95. The fourth-order valence-electron chi connectivity index (χ4n) is 8.45. The van der Waals surface area contributed by atoms with Crippen LogP contribution in [0.3, 0.4) is 0 Å². The van der Waals surface area contributed by atoms with Crippen molar-refractivity contribution in [1.29, 1.82) is 0 Å². The van der Waals surface area contributed by atoms with Crippen LogP contribution in [0.5, 0.6) is 0 Å². The van der Waals surface area contributed by atoms with Crippen LogP contribution in [-0.2, 0) is 0 Å². The van der Waals surface area contributed by atoms with Gasteiger partial charge in [0.25, 0.3) is 0 Å². The van der Waals surface area contributed by atoms with Crippen molar-refractivity contribution in [2.24, 2.45) is 0 Å². The molecule has 0 fully saturated rings. The van der Waals surface area contributed by atoms with Crippen LogP contribution in [0, 0.1) is 0 Å². The van der Waals surface area contributed by atoms with Gasteiger partial charge in [0.2, 0.25) is 0 Å². The first kappa shape index (κ1) is 32.4. The highest BCUT2D eigenvalue weighted by Gasteiger charge is 2.17. The van der Waals surface area contributed by atoms with Crippen LogP contribution in [0.2, 0.25) is 0 Å². The maximum atomic E-state index is 6.44. The fourth-order valence-corrected chi connectivity index (χ4v) is 8.45. The molecule has 3 aromatic heterocycles. The summed E-state index contributed by atoms with van der Waals surface area (Å²) in [5.41, 5.74) is 10.5. The molecule has 0 N–H and O–H groups in total. The van der Waals surface area contributed by atoms with E-state index in [4.69, 9.17) is 23.8 Å². The Kier molecular flexibility index (Phi) is 7.16. The van der Waals surface area contributed by atoms with Crippen molar-refractivity contribution in [3.05, 3.63) is 188 Å². The van der Waals surface area contributed by atoms with Gasteiger partial charge in [0, 0.05) is 38.2 Å². The van der Waals surface area contributed by atoms with Crippen LogP contribution in [0.25, 0.3) is 122 Å². The summed E-state index contributed by atoms with van der Waals surface area (Å²) in [5, 5.41) is 9.33. The zero-order chi connectivity index (χ0) is 38.2. The Morgan fingerprint density at radius 3 is 1.69 bits per heavy atom. The minimum absolute atomic E-state index is 0.584. The summed E-state index contributed by atoms with van der Waals surface area (Å²) in [6.45, 7) is 0. The van der Waals surface area contributed by atoms with Crippen LogP contribution in [0.4, 0.5) is 0 Å².